The fourth-order valence-corrected chi connectivity index (χ4v) is 3.29. The number of alkyl halides is 2. The number of carbonyl (C=O) groups excluding carboxylic acids is 1. The first-order valence-electron chi connectivity index (χ1n) is 8.49. The van der Waals surface area contributed by atoms with Gasteiger partial charge in [0.2, 0.25) is 5.91 Å². The molecule has 140 valence electrons. The first kappa shape index (κ1) is 18.8. The molecule has 3 rings (SSSR count). The minimum absolute atomic E-state index is 0.00710. The van der Waals surface area contributed by atoms with E-state index in [-0.39, 0.29) is 18.1 Å². The number of rotatable bonds is 5. The van der Waals surface area contributed by atoms with Crippen molar-refractivity contribution in [3.63, 3.8) is 0 Å². The number of piperazine rings is 1. The van der Waals surface area contributed by atoms with Gasteiger partial charge >= 0.3 is 0 Å². The van der Waals surface area contributed by atoms with Gasteiger partial charge in [-0.2, -0.15) is 5.10 Å². The lowest BCUT2D eigenvalue weighted by Gasteiger charge is -2.34. The molecule has 1 amide bonds. The predicted octanol–water partition coefficient (Wildman–Crippen LogP) is 3.13. The summed E-state index contributed by atoms with van der Waals surface area (Å²) in [6.07, 6.45) is -2.62. The van der Waals surface area contributed by atoms with Crippen molar-refractivity contribution in [2.45, 2.75) is 26.4 Å². The summed E-state index contributed by atoms with van der Waals surface area (Å²) < 4.78 is 26.8. The van der Waals surface area contributed by atoms with E-state index in [1.807, 2.05) is 24.3 Å². The number of halogens is 3. The summed E-state index contributed by atoms with van der Waals surface area (Å²) in [7, 11) is 0. The Morgan fingerprint density at radius 2 is 1.96 bits per heavy atom. The zero-order chi connectivity index (χ0) is 18.7. The standard InChI is InChI=1S/C18H21ClF2N4O/c1-13-9-16(18(20)21)22-25(13)12-17(26)24-7-5-23(6-8-24)11-14-3-2-4-15(19)10-14/h2-4,9-10,18H,5-8,11-12H2,1H3. The van der Waals surface area contributed by atoms with Crippen LogP contribution >= 0.6 is 11.6 Å². The number of amides is 1. The van der Waals surface area contributed by atoms with E-state index in [1.165, 1.54) is 10.7 Å². The van der Waals surface area contributed by atoms with Gasteiger partial charge in [-0.1, -0.05) is 23.7 Å². The third-order valence-electron chi connectivity index (χ3n) is 4.53. The molecule has 2 aromatic rings. The van der Waals surface area contributed by atoms with Crippen molar-refractivity contribution in [3.05, 3.63) is 52.3 Å². The smallest absolute Gasteiger partial charge is 0.282 e. The molecule has 26 heavy (non-hydrogen) atoms. The van der Waals surface area contributed by atoms with Crippen LogP contribution in [0.2, 0.25) is 5.02 Å². The fraction of sp³-hybridized carbons (Fsp3) is 0.444. The molecular formula is C18H21ClF2N4O. The van der Waals surface area contributed by atoms with Gasteiger partial charge in [0.15, 0.2) is 0 Å². The average Bonchev–Trinajstić information content (AvgIpc) is 2.96. The zero-order valence-electron chi connectivity index (χ0n) is 14.5. The highest BCUT2D eigenvalue weighted by Crippen LogP contribution is 2.18. The zero-order valence-corrected chi connectivity index (χ0v) is 15.3. The van der Waals surface area contributed by atoms with E-state index in [1.54, 1.807) is 11.8 Å². The third kappa shape index (κ3) is 4.59. The summed E-state index contributed by atoms with van der Waals surface area (Å²) in [5.74, 6) is -0.0978. The van der Waals surface area contributed by atoms with Crippen LogP contribution in [0, 0.1) is 6.92 Å². The van der Waals surface area contributed by atoms with Crippen molar-refractivity contribution in [1.82, 2.24) is 19.6 Å². The van der Waals surface area contributed by atoms with Gasteiger partial charge in [-0.25, -0.2) is 8.78 Å². The van der Waals surface area contributed by atoms with E-state index in [2.05, 4.69) is 10.00 Å². The van der Waals surface area contributed by atoms with Gasteiger partial charge in [-0.3, -0.25) is 14.4 Å². The van der Waals surface area contributed by atoms with Gasteiger partial charge in [0.25, 0.3) is 6.43 Å². The quantitative estimate of drug-likeness (QED) is 0.797. The summed E-state index contributed by atoms with van der Waals surface area (Å²) in [6.45, 7) is 5.21. The number of benzene rings is 1. The monoisotopic (exact) mass is 382 g/mol. The summed E-state index contributed by atoms with van der Waals surface area (Å²) in [5.41, 5.74) is 1.42. The summed E-state index contributed by atoms with van der Waals surface area (Å²) in [5, 5.41) is 4.54. The second kappa shape index (κ2) is 8.14. The molecule has 1 fully saturated rings. The molecule has 1 aliphatic rings. The SMILES string of the molecule is Cc1cc(C(F)F)nn1CC(=O)N1CCN(Cc2cccc(Cl)c2)CC1. The minimum Gasteiger partial charge on any atom is -0.339 e. The summed E-state index contributed by atoms with van der Waals surface area (Å²) in [6, 6.07) is 9.07. The highest BCUT2D eigenvalue weighted by molar-refractivity contribution is 6.30. The molecule has 5 nitrogen and oxygen atoms in total. The maximum absolute atomic E-state index is 12.7. The Morgan fingerprint density at radius 1 is 1.23 bits per heavy atom. The van der Waals surface area contributed by atoms with Crippen molar-refractivity contribution in [2.24, 2.45) is 0 Å². The third-order valence-corrected chi connectivity index (χ3v) is 4.76. The van der Waals surface area contributed by atoms with Crippen LogP contribution in [0.1, 0.15) is 23.4 Å². The molecular weight excluding hydrogens is 362 g/mol. The molecule has 0 saturated carbocycles. The molecule has 0 atom stereocenters. The number of aromatic nitrogens is 2. The van der Waals surface area contributed by atoms with Crippen molar-refractivity contribution < 1.29 is 13.6 Å². The molecule has 1 saturated heterocycles. The second-order valence-corrected chi connectivity index (χ2v) is 6.89. The molecule has 0 spiro atoms. The van der Waals surface area contributed by atoms with Crippen LogP contribution in [-0.4, -0.2) is 51.7 Å². The number of hydrogen-bond acceptors (Lipinski definition) is 3. The average molecular weight is 383 g/mol. The maximum Gasteiger partial charge on any atom is 0.282 e. The lowest BCUT2D eigenvalue weighted by Crippen LogP contribution is -2.49. The molecule has 0 N–H and O–H groups in total. The number of carbonyl (C=O) groups is 1. The topological polar surface area (TPSA) is 41.4 Å². The van der Waals surface area contributed by atoms with Crippen LogP contribution in [0.5, 0.6) is 0 Å². The number of aryl methyl sites for hydroxylation is 1. The van der Waals surface area contributed by atoms with E-state index >= 15 is 0 Å². The second-order valence-electron chi connectivity index (χ2n) is 6.46. The van der Waals surface area contributed by atoms with Crippen molar-refractivity contribution >= 4 is 17.5 Å². The van der Waals surface area contributed by atoms with Gasteiger partial charge in [0.05, 0.1) is 0 Å². The maximum atomic E-state index is 12.7. The van der Waals surface area contributed by atoms with Gasteiger partial charge < -0.3 is 4.90 Å². The molecule has 1 aliphatic heterocycles. The Kier molecular flexibility index (Phi) is 5.88. The number of hydrogen-bond donors (Lipinski definition) is 0. The van der Waals surface area contributed by atoms with Crippen LogP contribution < -0.4 is 0 Å². The van der Waals surface area contributed by atoms with Gasteiger partial charge in [0.1, 0.15) is 12.2 Å². The molecule has 0 aliphatic carbocycles. The Balaban J connectivity index is 1.52. The first-order valence-corrected chi connectivity index (χ1v) is 8.87. The molecule has 1 aromatic carbocycles. The molecule has 8 heteroatoms. The van der Waals surface area contributed by atoms with E-state index in [9.17, 15) is 13.6 Å². The predicted molar refractivity (Wildman–Crippen MR) is 95.2 cm³/mol. The molecule has 0 bridgehead atoms. The Hall–Kier alpha value is -1.99. The van der Waals surface area contributed by atoms with Gasteiger partial charge in [0, 0.05) is 43.4 Å². The van der Waals surface area contributed by atoms with E-state index in [0.717, 1.165) is 25.2 Å². The Bertz CT molecular complexity index is 772. The van der Waals surface area contributed by atoms with Crippen LogP contribution in [-0.2, 0) is 17.9 Å². The van der Waals surface area contributed by atoms with Crippen LogP contribution in [0.15, 0.2) is 30.3 Å². The van der Waals surface area contributed by atoms with E-state index in [4.69, 9.17) is 11.6 Å². The lowest BCUT2D eigenvalue weighted by atomic mass is 10.2. The largest absolute Gasteiger partial charge is 0.339 e. The molecule has 0 unspecified atom stereocenters. The van der Waals surface area contributed by atoms with E-state index in [0.29, 0.717) is 23.8 Å². The lowest BCUT2D eigenvalue weighted by molar-refractivity contribution is -0.133. The molecule has 0 radical (unpaired) electrons. The summed E-state index contributed by atoms with van der Waals surface area (Å²) >= 11 is 6.01. The first-order chi connectivity index (χ1) is 12.4. The highest BCUT2D eigenvalue weighted by atomic mass is 35.5. The van der Waals surface area contributed by atoms with E-state index < -0.39 is 6.43 Å². The minimum atomic E-state index is -2.62. The fourth-order valence-electron chi connectivity index (χ4n) is 3.08. The van der Waals surface area contributed by atoms with Crippen molar-refractivity contribution in [1.29, 1.82) is 0 Å². The van der Waals surface area contributed by atoms with Gasteiger partial charge in [-0.15, -0.1) is 0 Å². The highest BCUT2D eigenvalue weighted by Gasteiger charge is 2.23. The van der Waals surface area contributed by atoms with Gasteiger partial charge in [-0.05, 0) is 30.7 Å². The van der Waals surface area contributed by atoms with Crippen LogP contribution in [0.4, 0.5) is 8.78 Å². The van der Waals surface area contributed by atoms with Crippen molar-refractivity contribution in [2.75, 3.05) is 26.2 Å². The molecule has 1 aromatic heterocycles. The number of nitrogens with zero attached hydrogens (tertiary/aromatic N) is 4. The molecule has 2 heterocycles. The Labute approximate surface area is 156 Å². The van der Waals surface area contributed by atoms with Crippen molar-refractivity contribution in [3.8, 4) is 0 Å². The summed E-state index contributed by atoms with van der Waals surface area (Å²) in [4.78, 5) is 16.5. The Morgan fingerprint density at radius 3 is 2.58 bits per heavy atom. The normalized spacial score (nSPS) is 15.7. The van der Waals surface area contributed by atoms with Crippen LogP contribution in [0.3, 0.4) is 0 Å². The van der Waals surface area contributed by atoms with Crippen LogP contribution in [0.25, 0.3) is 0 Å².